The Morgan fingerprint density at radius 2 is 2.08 bits per heavy atom. The summed E-state index contributed by atoms with van der Waals surface area (Å²) in [6.45, 7) is 5.85. The molecule has 5 heteroatoms. The van der Waals surface area contributed by atoms with Gasteiger partial charge in [-0.25, -0.2) is 4.98 Å². The standard InChI is InChI=1S/C21H23N5/c1-2-3-15-10-17(16-4-5-19(12-22)25-14-16)11-21(20(15)13-23)26-18-6-8-24-9-7-18/h2-5,10-11,13-14,18,24,26H,1,6-9,23H2/b15-3-,20-13+. The van der Waals surface area contributed by atoms with Crippen LogP contribution < -0.4 is 26.8 Å². The summed E-state index contributed by atoms with van der Waals surface area (Å²) in [5, 5.41) is 17.9. The van der Waals surface area contributed by atoms with Gasteiger partial charge in [0.2, 0.25) is 0 Å². The Balaban J connectivity index is 2.08. The van der Waals surface area contributed by atoms with Crippen molar-refractivity contribution >= 4 is 18.0 Å². The van der Waals surface area contributed by atoms with E-state index in [-0.39, 0.29) is 0 Å². The number of aromatic nitrogens is 1. The Kier molecular flexibility index (Phi) is 5.67. The van der Waals surface area contributed by atoms with Crippen LogP contribution >= 0.6 is 0 Å². The minimum atomic E-state index is 0.409. The molecule has 0 amide bonds. The fourth-order valence-corrected chi connectivity index (χ4v) is 3.23. The fraction of sp³-hybridized carbons (Fsp3) is 0.238. The van der Waals surface area contributed by atoms with E-state index in [0.717, 1.165) is 53.2 Å². The highest BCUT2D eigenvalue weighted by molar-refractivity contribution is 5.70. The predicted molar refractivity (Wildman–Crippen MR) is 106 cm³/mol. The number of piperidine rings is 1. The van der Waals surface area contributed by atoms with E-state index in [9.17, 15) is 0 Å². The first-order valence-corrected chi connectivity index (χ1v) is 8.77. The Labute approximate surface area is 153 Å². The van der Waals surface area contributed by atoms with Gasteiger partial charge >= 0.3 is 0 Å². The third kappa shape index (κ3) is 3.93. The summed E-state index contributed by atoms with van der Waals surface area (Å²) < 4.78 is 0. The predicted octanol–water partition coefficient (Wildman–Crippen LogP) is 1.45. The number of nitrogens with zero attached hydrogens (tertiary/aromatic N) is 2. The van der Waals surface area contributed by atoms with Crippen LogP contribution in [0, 0.1) is 11.3 Å². The van der Waals surface area contributed by atoms with Crippen molar-refractivity contribution in [1.82, 2.24) is 10.3 Å². The molecule has 0 unspecified atom stereocenters. The molecule has 1 saturated heterocycles. The molecule has 0 spiro atoms. The quantitative estimate of drug-likeness (QED) is 0.781. The number of nitrogens with one attached hydrogen (secondary N) is 2. The number of anilines is 1. The lowest BCUT2D eigenvalue weighted by Crippen LogP contribution is -2.38. The van der Waals surface area contributed by atoms with Gasteiger partial charge in [-0.1, -0.05) is 18.7 Å². The van der Waals surface area contributed by atoms with E-state index in [1.54, 1.807) is 24.5 Å². The molecule has 1 aliphatic heterocycles. The Morgan fingerprint density at radius 3 is 2.69 bits per heavy atom. The number of benzene rings is 1. The molecule has 1 fully saturated rings. The van der Waals surface area contributed by atoms with Gasteiger partial charge in [0.05, 0.1) is 0 Å². The van der Waals surface area contributed by atoms with Gasteiger partial charge in [-0.05, 0) is 61.0 Å². The van der Waals surface area contributed by atoms with E-state index in [1.165, 1.54) is 0 Å². The summed E-state index contributed by atoms with van der Waals surface area (Å²) in [4.78, 5) is 4.18. The highest BCUT2D eigenvalue weighted by Gasteiger charge is 2.14. The van der Waals surface area contributed by atoms with E-state index in [4.69, 9.17) is 11.0 Å². The van der Waals surface area contributed by atoms with Crippen LogP contribution in [-0.2, 0) is 0 Å². The molecule has 132 valence electrons. The molecule has 0 radical (unpaired) electrons. The first-order chi connectivity index (χ1) is 12.7. The molecular formula is C21H23N5. The molecule has 2 heterocycles. The first kappa shape index (κ1) is 17.7. The topological polar surface area (TPSA) is 86.8 Å². The fourth-order valence-electron chi connectivity index (χ4n) is 3.23. The van der Waals surface area contributed by atoms with Crippen LogP contribution in [0.5, 0.6) is 0 Å². The molecule has 5 nitrogen and oxygen atoms in total. The molecule has 0 aliphatic carbocycles. The van der Waals surface area contributed by atoms with Gasteiger partial charge in [0.25, 0.3) is 0 Å². The molecule has 4 N–H and O–H groups in total. The molecule has 0 bridgehead atoms. The van der Waals surface area contributed by atoms with Crippen LogP contribution in [0.4, 0.5) is 5.69 Å². The maximum Gasteiger partial charge on any atom is 0.140 e. The first-order valence-electron chi connectivity index (χ1n) is 8.77. The Bertz CT molecular complexity index is 932. The molecule has 2 aromatic rings. The number of nitriles is 1. The maximum absolute atomic E-state index is 8.95. The van der Waals surface area contributed by atoms with Crippen molar-refractivity contribution in [2.24, 2.45) is 5.73 Å². The van der Waals surface area contributed by atoms with Crippen molar-refractivity contribution < 1.29 is 0 Å². The highest BCUT2D eigenvalue weighted by atomic mass is 15.0. The molecule has 1 aromatic heterocycles. The number of nitrogens with two attached hydrogens (primary N) is 1. The number of pyridine rings is 1. The summed E-state index contributed by atoms with van der Waals surface area (Å²) in [6.07, 6.45) is 9.23. The second-order valence-corrected chi connectivity index (χ2v) is 6.31. The largest absolute Gasteiger partial charge is 0.404 e. The summed E-state index contributed by atoms with van der Waals surface area (Å²) >= 11 is 0. The van der Waals surface area contributed by atoms with Crippen molar-refractivity contribution in [3.8, 4) is 17.2 Å². The van der Waals surface area contributed by atoms with Crippen LogP contribution in [0.25, 0.3) is 23.4 Å². The van der Waals surface area contributed by atoms with Gasteiger partial charge in [0.1, 0.15) is 11.8 Å². The van der Waals surface area contributed by atoms with E-state index in [2.05, 4.69) is 40.4 Å². The summed E-state index contributed by atoms with van der Waals surface area (Å²) in [6, 6.07) is 10.3. The lowest BCUT2D eigenvalue weighted by atomic mass is 10.0. The van der Waals surface area contributed by atoms with Crippen molar-refractivity contribution in [2.75, 3.05) is 18.4 Å². The molecule has 3 rings (SSSR count). The molecule has 1 aliphatic rings. The average molecular weight is 345 g/mol. The van der Waals surface area contributed by atoms with Gasteiger partial charge in [0.15, 0.2) is 0 Å². The van der Waals surface area contributed by atoms with Gasteiger partial charge in [-0.2, -0.15) is 5.26 Å². The summed E-state index contributed by atoms with van der Waals surface area (Å²) in [5.74, 6) is 0. The van der Waals surface area contributed by atoms with Crippen molar-refractivity contribution in [2.45, 2.75) is 18.9 Å². The molecule has 26 heavy (non-hydrogen) atoms. The Morgan fingerprint density at radius 1 is 1.27 bits per heavy atom. The normalized spacial score (nSPS) is 16.3. The molecule has 1 aromatic carbocycles. The highest BCUT2D eigenvalue weighted by Crippen LogP contribution is 2.20. The van der Waals surface area contributed by atoms with Crippen molar-refractivity contribution in [1.29, 1.82) is 5.26 Å². The van der Waals surface area contributed by atoms with Crippen LogP contribution in [0.3, 0.4) is 0 Å². The number of rotatable bonds is 4. The maximum atomic E-state index is 8.95. The van der Waals surface area contributed by atoms with E-state index in [0.29, 0.717) is 11.7 Å². The van der Waals surface area contributed by atoms with Crippen molar-refractivity contribution in [3.05, 3.63) is 59.2 Å². The lowest BCUT2D eigenvalue weighted by Gasteiger charge is -2.25. The SMILES string of the molecule is C=C/C=c1/cc(-c2ccc(C#N)nc2)cc(NC2CCNCC2)/c1=C/N. The van der Waals surface area contributed by atoms with Gasteiger partial charge in [0, 0.05) is 34.9 Å². The van der Waals surface area contributed by atoms with E-state index < -0.39 is 0 Å². The Hall–Kier alpha value is -3.10. The van der Waals surface area contributed by atoms with Crippen LogP contribution in [0.1, 0.15) is 18.5 Å². The molecular weight excluding hydrogens is 322 g/mol. The smallest absolute Gasteiger partial charge is 0.140 e. The zero-order chi connectivity index (χ0) is 18.4. The second-order valence-electron chi connectivity index (χ2n) is 6.31. The monoisotopic (exact) mass is 345 g/mol. The van der Waals surface area contributed by atoms with Crippen LogP contribution in [-0.4, -0.2) is 24.1 Å². The van der Waals surface area contributed by atoms with Crippen molar-refractivity contribution in [3.63, 3.8) is 0 Å². The molecule has 0 saturated carbocycles. The minimum Gasteiger partial charge on any atom is -0.404 e. The third-order valence-corrected chi connectivity index (χ3v) is 4.59. The summed E-state index contributed by atoms with van der Waals surface area (Å²) in [5.41, 5.74) is 9.33. The summed E-state index contributed by atoms with van der Waals surface area (Å²) in [7, 11) is 0. The van der Waals surface area contributed by atoms with Gasteiger partial charge in [-0.3, -0.25) is 0 Å². The number of hydrogen-bond acceptors (Lipinski definition) is 5. The number of hydrogen-bond donors (Lipinski definition) is 3. The second kappa shape index (κ2) is 8.32. The third-order valence-electron chi connectivity index (χ3n) is 4.59. The lowest BCUT2D eigenvalue weighted by molar-refractivity contribution is 0.479. The van der Waals surface area contributed by atoms with Gasteiger partial charge in [-0.15, -0.1) is 0 Å². The van der Waals surface area contributed by atoms with E-state index in [1.807, 2.05) is 12.1 Å². The number of allylic oxidation sites excluding steroid dienone is 1. The van der Waals surface area contributed by atoms with Crippen LogP contribution in [0.15, 0.2) is 43.1 Å². The zero-order valence-electron chi connectivity index (χ0n) is 14.7. The average Bonchev–Trinajstić information content (AvgIpc) is 2.69. The minimum absolute atomic E-state index is 0.409. The van der Waals surface area contributed by atoms with Gasteiger partial charge < -0.3 is 16.4 Å². The van der Waals surface area contributed by atoms with Crippen LogP contribution in [0.2, 0.25) is 0 Å². The zero-order valence-corrected chi connectivity index (χ0v) is 14.7. The molecule has 0 atom stereocenters. The van der Waals surface area contributed by atoms with E-state index >= 15 is 0 Å².